The highest BCUT2D eigenvalue weighted by Crippen LogP contribution is 2.33. The number of hydrogen-bond donors (Lipinski definition) is 1. The van der Waals surface area contributed by atoms with Crippen molar-refractivity contribution in [2.45, 2.75) is 49.9 Å². The van der Waals surface area contributed by atoms with Crippen LogP contribution in [0.15, 0.2) is 12.4 Å². The standard InChI is InChI=1S/C17H26N4O3/c1-20-7-6-18-16(20)17(22)19-13-11-21(12-4-9-23-10-5-12)14-3-2-8-24-15(13)14/h6-7,12-15H,2-5,8-11H2,1H3,(H,19,22)/t13-,14+,15+/m0/s1. The van der Waals surface area contributed by atoms with Crippen LogP contribution in [0.4, 0.5) is 0 Å². The number of fused-ring (bicyclic) bond motifs is 1. The van der Waals surface area contributed by atoms with Gasteiger partial charge in [0, 0.05) is 57.9 Å². The van der Waals surface area contributed by atoms with E-state index >= 15 is 0 Å². The van der Waals surface area contributed by atoms with E-state index in [1.165, 1.54) is 0 Å². The number of likely N-dealkylation sites (tertiary alicyclic amines) is 1. The third kappa shape index (κ3) is 2.96. The Morgan fingerprint density at radius 2 is 2.12 bits per heavy atom. The summed E-state index contributed by atoms with van der Waals surface area (Å²) in [6.07, 6.45) is 7.92. The van der Waals surface area contributed by atoms with Crippen LogP contribution in [0.5, 0.6) is 0 Å². The lowest BCUT2D eigenvalue weighted by atomic mass is 9.99. The Labute approximate surface area is 142 Å². The number of ether oxygens (including phenoxy) is 2. The number of carbonyl (C=O) groups is 1. The van der Waals surface area contributed by atoms with Crippen LogP contribution in [0.25, 0.3) is 0 Å². The van der Waals surface area contributed by atoms with E-state index in [0.29, 0.717) is 17.9 Å². The van der Waals surface area contributed by atoms with Crippen molar-refractivity contribution < 1.29 is 14.3 Å². The van der Waals surface area contributed by atoms with Gasteiger partial charge in [0.05, 0.1) is 12.1 Å². The van der Waals surface area contributed by atoms with Gasteiger partial charge in [0.15, 0.2) is 5.82 Å². The van der Waals surface area contributed by atoms with Gasteiger partial charge in [-0.05, 0) is 25.7 Å². The molecule has 0 radical (unpaired) electrons. The first-order valence-corrected chi connectivity index (χ1v) is 8.97. The summed E-state index contributed by atoms with van der Waals surface area (Å²) in [5, 5.41) is 3.17. The predicted molar refractivity (Wildman–Crippen MR) is 87.8 cm³/mol. The number of nitrogens with one attached hydrogen (secondary N) is 1. The first-order valence-electron chi connectivity index (χ1n) is 8.97. The summed E-state index contributed by atoms with van der Waals surface area (Å²) >= 11 is 0. The van der Waals surface area contributed by atoms with Gasteiger partial charge < -0.3 is 19.4 Å². The molecule has 4 rings (SSSR count). The number of nitrogens with zero attached hydrogens (tertiary/aromatic N) is 3. The van der Waals surface area contributed by atoms with Crippen molar-refractivity contribution in [3.63, 3.8) is 0 Å². The molecule has 0 aromatic carbocycles. The Morgan fingerprint density at radius 3 is 2.88 bits per heavy atom. The van der Waals surface area contributed by atoms with Crippen LogP contribution < -0.4 is 5.32 Å². The van der Waals surface area contributed by atoms with E-state index < -0.39 is 0 Å². The van der Waals surface area contributed by atoms with Gasteiger partial charge >= 0.3 is 0 Å². The van der Waals surface area contributed by atoms with Crippen molar-refractivity contribution in [3.8, 4) is 0 Å². The molecule has 0 spiro atoms. The summed E-state index contributed by atoms with van der Waals surface area (Å²) in [6, 6.07) is 0.985. The second-order valence-electron chi connectivity index (χ2n) is 7.03. The zero-order chi connectivity index (χ0) is 16.5. The highest BCUT2D eigenvalue weighted by molar-refractivity contribution is 5.91. The molecule has 24 heavy (non-hydrogen) atoms. The van der Waals surface area contributed by atoms with Crippen molar-refractivity contribution in [1.82, 2.24) is 19.8 Å². The molecule has 3 aliphatic heterocycles. The summed E-state index contributed by atoms with van der Waals surface area (Å²) in [5.74, 6) is 0.334. The summed E-state index contributed by atoms with van der Waals surface area (Å²) < 4.78 is 13.3. The molecule has 3 fully saturated rings. The van der Waals surface area contributed by atoms with Gasteiger partial charge in [-0.25, -0.2) is 4.98 Å². The predicted octanol–water partition coefficient (Wildman–Crippen LogP) is 0.561. The maximum absolute atomic E-state index is 12.6. The fraction of sp³-hybridized carbons (Fsp3) is 0.765. The summed E-state index contributed by atoms with van der Waals surface area (Å²) in [7, 11) is 1.84. The number of rotatable bonds is 3. The molecular formula is C17H26N4O3. The molecule has 1 amide bonds. The average molecular weight is 334 g/mol. The molecule has 7 nitrogen and oxygen atoms in total. The molecule has 3 saturated heterocycles. The highest BCUT2D eigenvalue weighted by Gasteiger charge is 2.47. The normalized spacial score (nSPS) is 31.8. The van der Waals surface area contributed by atoms with Crippen LogP contribution in [0.3, 0.4) is 0 Å². The molecule has 0 aliphatic carbocycles. The van der Waals surface area contributed by atoms with E-state index in [2.05, 4.69) is 15.2 Å². The SMILES string of the molecule is Cn1ccnc1C(=O)N[C@H]1CN(C2CCOCC2)[C@@H]2CCCO[C@H]12. The number of imidazole rings is 1. The topological polar surface area (TPSA) is 68.6 Å². The number of amides is 1. The Morgan fingerprint density at radius 1 is 1.29 bits per heavy atom. The van der Waals surface area contributed by atoms with Gasteiger partial charge in [0.1, 0.15) is 0 Å². The maximum Gasteiger partial charge on any atom is 0.287 e. The summed E-state index contributed by atoms with van der Waals surface area (Å²) in [4.78, 5) is 19.3. The van der Waals surface area contributed by atoms with E-state index in [1.807, 2.05) is 7.05 Å². The smallest absolute Gasteiger partial charge is 0.287 e. The maximum atomic E-state index is 12.6. The molecule has 0 unspecified atom stereocenters. The minimum atomic E-state index is -0.116. The Bertz CT molecular complexity index is 584. The van der Waals surface area contributed by atoms with Gasteiger partial charge in [-0.1, -0.05) is 0 Å². The lowest BCUT2D eigenvalue weighted by molar-refractivity contribution is -0.0390. The van der Waals surface area contributed by atoms with Crippen molar-refractivity contribution in [2.24, 2.45) is 7.05 Å². The fourth-order valence-electron chi connectivity index (χ4n) is 4.37. The molecule has 132 valence electrons. The third-order valence-electron chi connectivity index (χ3n) is 5.56. The zero-order valence-corrected chi connectivity index (χ0v) is 14.2. The largest absolute Gasteiger partial charge is 0.381 e. The lowest BCUT2D eigenvalue weighted by Gasteiger charge is -2.38. The van der Waals surface area contributed by atoms with Gasteiger partial charge in [-0.3, -0.25) is 9.69 Å². The molecule has 0 saturated carbocycles. The van der Waals surface area contributed by atoms with Gasteiger partial charge in [0.25, 0.3) is 5.91 Å². The second-order valence-corrected chi connectivity index (χ2v) is 7.03. The molecule has 4 heterocycles. The Hall–Kier alpha value is -1.44. The van der Waals surface area contributed by atoms with E-state index in [4.69, 9.17) is 9.47 Å². The van der Waals surface area contributed by atoms with Crippen LogP contribution in [-0.2, 0) is 16.5 Å². The monoisotopic (exact) mass is 334 g/mol. The number of carbonyl (C=O) groups excluding carboxylic acids is 1. The fourth-order valence-corrected chi connectivity index (χ4v) is 4.37. The first kappa shape index (κ1) is 16.1. The average Bonchev–Trinajstić information content (AvgIpc) is 3.20. The van der Waals surface area contributed by atoms with Crippen molar-refractivity contribution >= 4 is 5.91 Å². The van der Waals surface area contributed by atoms with Crippen LogP contribution in [0.1, 0.15) is 36.3 Å². The van der Waals surface area contributed by atoms with E-state index in [1.54, 1.807) is 17.0 Å². The highest BCUT2D eigenvalue weighted by atomic mass is 16.5. The number of aryl methyl sites for hydroxylation is 1. The molecule has 7 heteroatoms. The van der Waals surface area contributed by atoms with Crippen molar-refractivity contribution in [2.75, 3.05) is 26.4 Å². The van der Waals surface area contributed by atoms with Crippen molar-refractivity contribution in [1.29, 1.82) is 0 Å². The van der Waals surface area contributed by atoms with Crippen LogP contribution in [0.2, 0.25) is 0 Å². The quantitative estimate of drug-likeness (QED) is 0.875. The van der Waals surface area contributed by atoms with Crippen molar-refractivity contribution in [3.05, 3.63) is 18.2 Å². The van der Waals surface area contributed by atoms with Gasteiger partial charge in [-0.2, -0.15) is 0 Å². The van der Waals surface area contributed by atoms with Crippen LogP contribution in [-0.4, -0.2) is 71.0 Å². The summed E-state index contributed by atoms with van der Waals surface area (Å²) in [6.45, 7) is 3.32. The Balaban J connectivity index is 1.48. The summed E-state index contributed by atoms with van der Waals surface area (Å²) in [5.41, 5.74) is 0. The van der Waals surface area contributed by atoms with Crippen LogP contribution >= 0.6 is 0 Å². The zero-order valence-electron chi connectivity index (χ0n) is 14.2. The minimum absolute atomic E-state index is 0.0299. The molecule has 1 aromatic heterocycles. The first-order chi connectivity index (χ1) is 11.7. The van der Waals surface area contributed by atoms with Gasteiger partial charge in [-0.15, -0.1) is 0 Å². The third-order valence-corrected chi connectivity index (χ3v) is 5.56. The van der Waals surface area contributed by atoms with Gasteiger partial charge in [0.2, 0.25) is 0 Å². The molecular weight excluding hydrogens is 308 g/mol. The Kier molecular flexibility index (Phi) is 4.56. The van der Waals surface area contributed by atoms with E-state index in [0.717, 1.165) is 52.0 Å². The molecule has 3 aliphatic rings. The number of hydrogen-bond acceptors (Lipinski definition) is 5. The molecule has 1 N–H and O–H groups in total. The lowest BCUT2D eigenvalue weighted by Crippen LogP contribution is -2.48. The van der Waals surface area contributed by atoms with Crippen LogP contribution in [0, 0.1) is 0 Å². The molecule has 3 atom stereocenters. The van der Waals surface area contributed by atoms with E-state index in [-0.39, 0.29) is 18.1 Å². The minimum Gasteiger partial charge on any atom is -0.381 e. The van der Waals surface area contributed by atoms with E-state index in [9.17, 15) is 4.79 Å². The number of aromatic nitrogens is 2. The molecule has 0 bridgehead atoms. The molecule has 1 aromatic rings. The second kappa shape index (κ2) is 6.82.